The Morgan fingerprint density at radius 2 is 1.29 bits per heavy atom. The zero-order valence-corrected chi connectivity index (χ0v) is 22.4. The van der Waals surface area contributed by atoms with Gasteiger partial charge in [0.1, 0.15) is 0 Å². The lowest BCUT2D eigenvalue weighted by atomic mass is 10.1. The summed E-state index contributed by atoms with van der Waals surface area (Å²) in [4.78, 5) is 31.0. The summed E-state index contributed by atoms with van der Waals surface area (Å²) in [6.07, 6.45) is 9.17. The molecule has 0 amide bonds. The minimum atomic E-state index is -1.03. The lowest BCUT2D eigenvalue weighted by Gasteiger charge is -2.03. The fourth-order valence-electron chi connectivity index (χ4n) is 3.90. The van der Waals surface area contributed by atoms with Gasteiger partial charge in [-0.1, -0.05) is 54.9 Å². The van der Waals surface area contributed by atoms with Gasteiger partial charge in [0, 0.05) is 46.0 Å². The molecule has 0 aliphatic carbocycles. The topological polar surface area (TPSA) is 124 Å². The number of fused-ring (bicyclic) bond motifs is 2. The average Bonchev–Trinajstić information content (AvgIpc) is 3.57. The van der Waals surface area contributed by atoms with E-state index in [1.54, 1.807) is 36.1 Å². The van der Waals surface area contributed by atoms with Gasteiger partial charge in [0.15, 0.2) is 11.3 Å². The van der Waals surface area contributed by atoms with Crippen molar-refractivity contribution < 1.29 is 19.4 Å². The number of aromatic carboxylic acids is 1. The van der Waals surface area contributed by atoms with E-state index in [-0.39, 0.29) is 13.0 Å². The molecule has 4 aromatic heterocycles. The highest BCUT2D eigenvalue weighted by Crippen LogP contribution is 2.27. The van der Waals surface area contributed by atoms with Gasteiger partial charge in [0.25, 0.3) is 0 Å². The molecule has 41 heavy (non-hydrogen) atoms. The van der Waals surface area contributed by atoms with E-state index in [1.165, 1.54) is 23.1 Å². The molecule has 12 heteroatoms. The first kappa shape index (κ1) is 29.2. The summed E-state index contributed by atoms with van der Waals surface area (Å²) in [5, 5.41) is 18.5. The first-order chi connectivity index (χ1) is 19.3. The molecule has 0 aliphatic heterocycles. The zero-order chi connectivity index (χ0) is 28.2. The quantitative estimate of drug-likeness (QED) is 0.222. The van der Waals surface area contributed by atoms with Crippen LogP contribution in [0.1, 0.15) is 35.1 Å². The van der Waals surface area contributed by atoms with Gasteiger partial charge in [-0.2, -0.15) is 10.2 Å². The van der Waals surface area contributed by atoms with E-state index in [4.69, 9.17) is 33.0 Å². The molecule has 0 saturated carbocycles. The summed E-state index contributed by atoms with van der Waals surface area (Å²) in [5.41, 5.74) is 5.18. The van der Waals surface area contributed by atoms with Gasteiger partial charge in [-0.05, 0) is 42.3 Å². The lowest BCUT2D eigenvalue weighted by Crippen LogP contribution is -2.07. The van der Waals surface area contributed by atoms with Crippen LogP contribution >= 0.6 is 23.2 Å². The summed E-state index contributed by atoms with van der Waals surface area (Å²) in [6.45, 7) is 2.08. The molecule has 6 rings (SSSR count). The second-order valence-electron chi connectivity index (χ2n) is 8.38. The normalized spacial score (nSPS) is 10.5. The number of ether oxygens (including phenoxy) is 1. The SMILES string of the molecule is C.CCOC(=O)c1cnc2c(-c3cccc(Cl)c3)cnn2c1.O=C(O)c1cnc2c(-c3cccc(Cl)c3)cnn2c1. The highest BCUT2D eigenvalue weighted by Gasteiger charge is 2.13. The summed E-state index contributed by atoms with van der Waals surface area (Å²) < 4.78 is 7.95. The second-order valence-corrected chi connectivity index (χ2v) is 9.26. The fraction of sp³-hybridized carbons (Fsp3) is 0.103. The number of hydrogen-bond acceptors (Lipinski definition) is 7. The van der Waals surface area contributed by atoms with Gasteiger partial charge in [0.05, 0.1) is 30.1 Å². The summed E-state index contributed by atoms with van der Waals surface area (Å²) in [5.74, 6) is -1.44. The number of rotatable bonds is 5. The number of halogens is 2. The van der Waals surface area contributed by atoms with Gasteiger partial charge < -0.3 is 9.84 Å². The van der Waals surface area contributed by atoms with Gasteiger partial charge in [-0.3, -0.25) is 0 Å². The van der Waals surface area contributed by atoms with E-state index in [0.717, 1.165) is 22.3 Å². The third-order valence-electron chi connectivity index (χ3n) is 5.74. The molecule has 0 spiro atoms. The van der Waals surface area contributed by atoms with E-state index in [2.05, 4.69) is 20.2 Å². The summed E-state index contributed by atoms with van der Waals surface area (Å²) in [7, 11) is 0. The largest absolute Gasteiger partial charge is 0.478 e. The molecule has 0 fully saturated rings. The molecular weight excluding hydrogens is 567 g/mol. The zero-order valence-electron chi connectivity index (χ0n) is 20.9. The Balaban J connectivity index is 0.000000185. The van der Waals surface area contributed by atoms with Crippen LogP contribution in [0.5, 0.6) is 0 Å². The predicted molar refractivity (Wildman–Crippen MR) is 157 cm³/mol. The maximum Gasteiger partial charge on any atom is 0.341 e. The van der Waals surface area contributed by atoms with Crippen LogP contribution in [0, 0.1) is 0 Å². The fourth-order valence-corrected chi connectivity index (χ4v) is 4.28. The Kier molecular flexibility index (Phi) is 8.96. The Morgan fingerprint density at radius 1 is 0.805 bits per heavy atom. The molecule has 208 valence electrons. The number of esters is 1. The van der Waals surface area contributed by atoms with E-state index in [0.29, 0.717) is 33.5 Å². The number of carboxylic acid groups (broad SMARTS) is 1. The van der Waals surface area contributed by atoms with Crippen LogP contribution in [-0.4, -0.2) is 52.8 Å². The molecule has 0 aliphatic rings. The highest BCUT2D eigenvalue weighted by molar-refractivity contribution is 6.31. The van der Waals surface area contributed by atoms with Gasteiger partial charge in [-0.25, -0.2) is 28.6 Å². The van der Waals surface area contributed by atoms with E-state index in [1.807, 2.05) is 42.5 Å². The molecule has 0 atom stereocenters. The van der Waals surface area contributed by atoms with Crippen LogP contribution < -0.4 is 0 Å². The van der Waals surface area contributed by atoms with Crippen molar-refractivity contribution in [2.75, 3.05) is 6.61 Å². The van der Waals surface area contributed by atoms with Crippen LogP contribution in [0.2, 0.25) is 10.0 Å². The standard InChI is InChI=1S/C15H12ClN3O2.C13H8ClN3O2.CH4/c1-2-21-15(20)11-7-17-14-13(8-18-19(14)9-11)10-4-3-5-12(16)6-10;14-10-3-1-2-8(4-10)11-6-16-17-7-9(13(18)19)5-15-12(11)17;/h3-9H,2H2,1H3;1-7H,(H,18,19);1H4. The number of nitrogens with zero attached hydrogens (tertiary/aromatic N) is 6. The van der Waals surface area contributed by atoms with E-state index >= 15 is 0 Å². The van der Waals surface area contributed by atoms with Crippen molar-refractivity contribution >= 4 is 46.4 Å². The van der Waals surface area contributed by atoms with Crippen LogP contribution in [-0.2, 0) is 4.74 Å². The Morgan fingerprint density at radius 3 is 1.76 bits per heavy atom. The number of carbonyl (C=O) groups is 2. The van der Waals surface area contributed by atoms with E-state index < -0.39 is 11.9 Å². The van der Waals surface area contributed by atoms with Crippen LogP contribution in [0.4, 0.5) is 0 Å². The first-order valence-electron chi connectivity index (χ1n) is 11.9. The minimum absolute atomic E-state index is 0. The van der Waals surface area contributed by atoms with Crippen LogP contribution in [0.15, 0.2) is 85.7 Å². The molecule has 0 saturated heterocycles. The highest BCUT2D eigenvalue weighted by atomic mass is 35.5. The van der Waals surface area contributed by atoms with Crippen molar-refractivity contribution in [3.8, 4) is 22.3 Å². The van der Waals surface area contributed by atoms with Gasteiger partial charge in [-0.15, -0.1) is 0 Å². The summed E-state index contributed by atoms with van der Waals surface area (Å²) in [6, 6.07) is 14.8. The number of benzene rings is 2. The number of aromatic nitrogens is 6. The lowest BCUT2D eigenvalue weighted by molar-refractivity contribution is 0.0524. The molecule has 4 heterocycles. The third kappa shape index (κ3) is 6.34. The molecular formula is C29H24Cl2N6O4. The molecule has 6 aromatic rings. The van der Waals surface area contributed by atoms with Crippen molar-refractivity contribution in [3.63, 3.8) is 0 Å². The van der Waals surface area contributed by atoms with E-state index in [9.17, 15) is 9.59 Å². The van der Waals surface area contributed by atoms with Crippen molar-refractivity contribution in [1.29, 1.82) is 0 Å². The first-order valence-corrected chi connectivity index (χ1v) is 12.7. The Hall–Kier alpha value is -4.80. The molecule has 1 N–H and O–H groups in total. The number of hydrogen-bond donors (Lipinski definition) is 1. The maximum absolute atomic E-state index is 11.7. The van der Waals surface area contributed by atoms with Gasteiger partial charge >= 0.3 is 11.9 Å². The van der Waals surface area contributed by atoms with Gasteiger partial charge in [0.2, 0.25) is 0 Å². The Bertz CT molecular complexity index is 1870. The second kappa shape index (κ2) is 12.6. The maximum atomic E-state index is 11.7. The molecule has 10 nitrogen and oxygen atoms in total. The smallest absolute Gasteiger partial charge is 0.341 e. The van der Waals surface area contributed by atoms with Crippen molar-refractivity contribution in [3.05, 3.63) is 107 Å². The predicted octanol–water partition coefficient (Wildman–Crippen LogP) is 6.61. The van der Waals surface area contributed by atoms with Crippen molar-refractivity contribution in [1.82, 2.24) is 29.2 Å². The van der Waals surface area contributed by atoms with Crippen molar-refractivity contribution in [2.24, 2.45) is 0 Å². The van der Waals surface area contributed by atoms with Crippen LogP contribution in [0.3, 0.4) is 0 Å². The monoisotopic (exact) mass is 590 g/mol. The minimum Gasteiger partial charge on any atom is -0.478 e. The molecule has 0 unspecified atom stereocenters. The van der Waals surface area contributed by atoms with Crippen LogP contribution in [0.25, 0.3) is 33.5 Å². The summed E-state index contributed by atoms with van der Waals surface area (Å²) >= 11 is 12.0. The Labute approximate surface area is 244 Å². The molecule has 0 bridgehead atoms. The number of carboxylic acids is 1. The third-order valence-corrected chi connectivity index (χ3v) is 6.21. The molecule has 0 radical (unpaired) electrons. The molecule has 2 aromatic carbocycles. The van der Waals surface area contributed by atoms with Crippen molar-refractivity contribution in [2.45, 2.75) is 14.4 Å². The average molecular weight is 591 g/mol. The number of carbonyl (C=O) groups excluding carboxylic acids is 1.